The molecule has 2 aliphatic rings. The van der Waals surface area contributed by atoms with Gasteiger partial charge in [0.15, 0.2) is 5.78 Å². The molecule has 2 aromatic rings. The van der Waals surface area contributed by atoms with Gasteiger partial charge in [0.25, 0.3) is 0 Å². The van der Waals surface area contributed by atoms with Crippen LogP contribution in [0, 0.1) is 24.6 Å². The summed E-state index contributed by atoms with van der Waals surface area (Å²) in [7, 11) is 0. The number of aryl methyl sites for hydroxylation is 3. The summed E-state index contributed by atoms with van der Waals surface area (Å²) in [6.07, 6.45) is 14.8. The molecule has 2 unspecified atom stereocenters. The van der Waals surface area contributed by atoms with Crippen molar-refractivity contribution >= 4 is 11.6 Å². The van der Waals surface area contributed by atoms with E-state index in [1.165, 1.54) is 43.9 Å². The third kappa shape index (κ3) is 7.81. The van der Waals surface area contributed by atoms with Crippen molar-refractivity contribution in [3.05, 3.63) is 64.2 Å². The van der Waals surface area contributed by atoms with Crippen LogP contribution in [-0.2, 0) is 17.6 Å². The predicted octanol–water partition coefficient (Wildman–Crippen LogP) is 7.44. The molecule has 2 N–H and O–H groups in total. The topological polar surface area (TPSA) is 73.0 Å². The van der Waals surface area contributed by atoms with E-state index in [9.17, 15) is 14.0 Å². The summed E-state index contributed by atoms with van der Waals surface area (Å²) in [5.41, 5.74) is 10.7. The number of aromatic nitrogens is 1. The van der Waals surface area contributed by atoms with Gasteiger partial charge in [0.1, 0.15) is 11.6 Å². The molecular weight excluding hydrogens is 475 g/mol. The molecule has 0 aliphatic heterocycles. The molecule has 1 aromatic heterocycles. The standard InChI is InChI=1S/C33H45FN2O2/c1-23-19-30(32(38)18-8-14-25-13-7-15-27(25)21-29(37)22-35)31(36-33(23)26-11-3-4-12-26)17-5-2-9-24-10-6-16-28(34)20-24/h6,10,16,19-20,25-27H,2-5,7-9,11-15,17-18,21-22,35H2,1H3. The van der Waals surface area contributed by atoms with Crippen LogP contribution in [0.5, 0.6) is 0 Å². The van der Waals surface area contributed by atoms with Crippen LogP contribution in [-0.4, -0.2) is 23.1 Å². The molecule has 0 radical (unpaired) electrons. The van der Waals surface area contributed by atoms with Crippen molar-refractivity contribution in [3.8, 4) is 0 Å². The zero-order valence-corrected chi connectivity index (χ0v) is 23.2. The summed E-state index contributed by atoms with van der Waals surface area (Å²) in [4.78, 5) is 30.5. The average molecular weight is 521 g/mol. The van der Waals surface area contributed by atoms with Gasteiger partial charge in [-0.2, -0.15) is 0 Å². The lowest BCUT2D eigenvalue weighted by molar-refractivity contribution is -0.118. The van der Waals surface area contributed by atoms with Crippen molar-refractivity contribution in [1.82, 2.24) is 4.98 Å². The molecule has 0 bridgehead atoms. The second kappa shape index (κ2) is 14.1. The van der Waals surface area contributed by atoms with Crippen molar-refractivity contribution in [1.29, 1.82) is 0 Å². The third-order valence-corrected chi connectivity index (χ3v) is 8.90. The Hall–Kier alpha value is -2.40. The van der Waals surface area contributed by atoms with Gasteiger partial charge in [0.05, 0.1) is 12.2 Å². The smallest absolute Gasteiger partial charge is 0.164 e. The number of hydrogen-bond donors (Lipinski definition) is 1. The number of halogens is 1. The molecule has 5 heteroatoms. The lowest BCUT2D eigenvalue weighted by Crippen LogP contribution is -2.20. The minimum absolute atomic E-state index is 0.135. The van der Waals surface area contributed by atoms with Crippen LogP contribution in [0.15, 0.2) is 30.3 Å². The van der Waals surface area contributed by atoms with E-state index in [1.807, 2.05) is 6.07 Å². The molecular formula is C33H45FN2O2. The summed E-state index contributed by atoms with van der Waals surface area (Å²) in [6, 6.07) is 8.94. The minimum Gasteiger partial charge on any atom is -0.324 e. The van der Waals surface area contributed by atoms with Gasteiger partial charge in [0.2, 0.25) is 0 Å². The Kier molecular flexibility index (Phi) is 10.6. The molecule has 38 heavy (non-hydrogen) atoms. The summed E-state index contributed by atoms with van der Waals surface area (Å²) < 4.78 is 13.5. The second-order valence-corrected chi connectivity index (χ2v) is 11.7. The van der Waals surface area contributed by atoms with Crippen molar-refractivity contribution in [2.75, 3.05) is 6.54 Å². The number of ketones is 2. The van der Waals surface area contributed by atoms with Gasteiger partial charge in [-0.3, -0.25) is 14.6 Å². The number of nitrogens with two attached hydrogens (primary N) is 1. The highest BCUT2D eigenvalue weighted by Crippen LogP contribution is 2.38. The Morgan fingerprint density at radius 3 is 2.50 bits per heavy atom. The number of carbonyl (C=O) groups excluding carboxylic acids is 2. The van der Waals surface area contributed by atoms with Gasteiger partial charge >= 0.3 is 0 Å². The molecule has 4 nitrogen and oxygen atoms in total. The van der Waals surface area contributed by atoms with E-state index < -0.39 is 0 Å². The molecule has 1 heterocycles. The lowest BCUT2D eigenvalue weighted by atomic mass is 9.86. The highest BCUT2D eigenvalue weighted by molar-refractivity contribution is 5.97. The second-order valence-electron chi connectivity index (χ2n) is 11.7. The summed E-state index contributed by atoms with van der Waals surface area (Å²) in [6.45, 7) is 2.25. The summed E-state index contributed by atoms with van der Waals surface area (Å²) >= 11 is 0. The fourth-order valence-corrected chi connectivity index (χ4v) is 6.82. The highest BCUT2D eigenvalue weighted by Gasteiger charge is 2.29. The highest BCUT2D eigenvalue weighted by atomic mass is 19.1. The Morgan fingerprint density at radius 2 is 1.74 bits per heavy atom. The first kappa shape index (κ1) is 28.6. The number of Topliss-reactive ketones (excluding diaryl/α,β-unsaturated/α-hetero) is 2. The fourth-order valence-electron chi connectivity index (χ4n) is 6.82. The monoisotopic (exact) mass is 520 g/mol. The number of carbonyl (C=O) groups is 2. The van der Waals surface area contributed by atoms with Gasteiger partial charge in [-0.15, -0.1) is 0 Å². The Bertz CT molecular complexity index is 1090. The van der Waals surface area contributed by atoms with Crippen LogP contribution in [0.4, 0.5) is 4.39 Å². The Balaban J connectivity index is 1.39. The first-order valence-corrected chi connectivity index (χ1v) is 14.9. The van der Waals surface area contributed by atoms with Crippen LogP contribution in [0.1, 0.15) is 122 Å². The van der Waals surface area contributed by atoms with Crippen LogP contribution < -0.4 is 5.73 Å². The van der Waals surface area contributed by atoms with E-state index in [0.717, 1.165) is 73.8 Å². The van der Waals surface area contributed by atoms with Gasteiger partial charge < -0.3 is 5.73 Å². The van der Waals surface area contributed by atoms with E-state index in [-0.39, 0.29) is 23.9 Å². The molecule has 4 rings (SSSR count). The summed E-state index contributed by atoms with van der Waals surface area (Å²) in [5.74, 6) is 1.65. The van der Waals surface area contributed by atoms with E-state index in [2.05, 4.69) is 13.0 Å². The van der Waals surface area contributed by atoms with E-state index in [1.54, 1.807) is 12.1 Å². The van der Waals surface area contributed by atoms with Gasteiger partial charge in [0, 0.05) is 30.0 Å². The van der Waals surface area contributed by atoms with Gasteiger partial charge in [-0.25, -0.2) is 4.39 Å². The molecule has 2 atom stereocenters. The first-order valence-electron chi connectivity index (χ1n) is 14.9. The summed E-state index contributed by atoms with van der Waals surface area (Å²) in [5, 5.41) is 0. The third-order valence-electron chi connectivity index (χ3n) is 8.90. The van der Waals surface area contributed by atoms with Crippen LogP contribution in [0.2, 0.25) is 0 Å². The molecule has 2 saturated carbocycles. The molecule has 0 amide bonds. The number of nitrogens with zero attached hydrogens (tertiary/aromatic N) is 1. The van der Waals surface area contributed by atoms with Crippen LogP contribution in [0.25, 0.3) is 0 Å². The average Bonchev–Trinajstić information content (AvgIpc) is 3.59. The number of benzene rings is 1. The SMILES string of the molecule is Cc1cc(C(=O)CCCC2CCCC2CC(=O)CN)c(CCCCc2cccc(F)c2)nc1C1CCCC1. The molecule has 0 saturated heterocycles. The van der Waals surface area contributed by atoms with Crippen molar-refractivity contribution in [2.45, 2.75) is 109 Å². The van der Waals surface area contributed by atoms with Crippen LogP contribution in [0.3, 0.4) is 0 Å². The normalized spacial score (nSPS) is 19.8. The quantitative estimate of drug-likeness (QED) is 0.207. The predicted molar refractivity (Wildman–Crippen MR) is 151 cm³/mol. The maximum Gasteiger partial charge on any atom is 0.164 e. The van der Waals surface area contributed by atoms with Crippen molar-refractivity contribution in [2.24, 2.45) is 17.6 Å². The van der Waals surface area contributed by atoms with E-state index >= 15 is 0 Å². The maximum atomic E-state index is 13.5. The first-order chi connectivity index (χ1) is 18.4. The molecule has 206 valence electrons. The Labute approximate surface area is 228 Å². The fraction of sp³-hybridized carbons (Fsp3) is 0.606. The lowest BCUT2D eigenvalue weighted by Gasteiger charge is -2.19. The van der Waals surface area contributed by atoms with Gasteiger partial charge in [-0.05, 0) is 106 Å². The van der Waals surface area contributed by atoms with E-state index in [0.29, 0.717) is 30.6 Å². The van der Waals surface area contributed by atoms with Crippen LogP contribution >= 0.6 is 0 Å². The molecule has 1 aromatic carbocycles. The number of unbranched alkanes of at least 4 members (excludes halogenated alkanes) is 1. The maximum absolute atomic E-state index is 13.5. The number of rotatable bonds is 14. The largest absolute Gasteiger partial charge is 0.324 e. The van der Waals surface area contributed by atoms with Gasteiger partial charge in [-0.1, -0.05) is 37.8 Å². The Morgan fingerprint density at radius 1 is 0.974 bits per heavy atom. The number of pyridine rings is 1. The van der Waals surface area contributed by atoms with Crippen molar-refractivity contribution < 1.29 is 14.0 Å². The molecule has 2 aliphatic carbocycles. The zero-order valence-electron chi connectivity index (χ0n) is 23.2. The minimum atomic E-state index is -0.188. The molecule has 0 spiro atoms. The van der Waals surface area contributed by atoms with Crippen molar-refractivity contribution in [3.63, 3.8) is 0 Å². The zero-order chi connectivity index (χ0) is 26.9. The van der Waals surface area contributed by atoms with E-state index in [4.69, 9.17) is 10.7 Å². The number of hydrogen-bond acceptors (Lipinski definition) is 4. The molecule has 2 fully saturated rings.